The van der Waals surface area contributed by atoms with Gasteiger partial charge >= 0.3 is 0 Å². The number of methoxy groups -OCH3 is 1. The molecule has 0 amide bonds. The molecule has 3 aromatic rings. The van der Waals surface area contributed by atoms with Crippen LogP contribution in [0.15, 0.2) is 72.9 Å². The van der Waals surface area contributed by atoms with E-state index in [1.165, 1.54) is 62.5 Å². The van der Waals surface area contributed by atoms with E-state index < -0.39 is 0 Å². The number of nitrogens with zero attached hydrogens (tertiary/aromatic N) is 1. The molecule has 276 valence electrons. The van der Waals surface area contributed by atoms with Crippen LogP contribution in [0, 0.1) is 23.2 Å². The first kappa shape index (κ1) is 44.2. The maximum Gasteiger partial charge on any atom is 0.216 e. The minimum absolute atomic E-state index is 0.262. The van der Waals surface area contributed by atoms with E-state index in [9.17, 15) is 0 Å². The molecule has 2 aromatic carbocycles. The number of aryl methyl sites for hydroxylation is 1. The molecule has 2 atom stereocenters. The van der Waals surface area contributed by atoms with E-state index in [2.05, 4.69) is 95.1 Å². The minimum Gasteiger partial charge on any atom is -0.491 e. The number of ether oxygens (including phenoxy) is 2. The molecule has 2 unspecified atom stereocenters. The summed E-state index contributed by atoms with van der Waals surface area (Å²) in [6.07, 6.45) is 15.8. The summed E-state index contributed by atoms with van der Waals surface area (Å²) in [4.78, 5) is 4.13. The van der Waals surface area contributed by atoms with Gasteiger partial charge in [0.25, 0.3) is 0 Å². The number of rotatable bonds is 9. The summed E-state index contributed by atoms with van der Waals surface area (Å²) in [5, 5.41) is 0. The van der Waals surface area contributed by atoms with Gasteiger partial charge in [0.2, 0.25) is 5.88 Å². The van der Waals surface area contributed by atoms with Gasteiger partial charge in [0.1, 0.15) is 5.75 Å². The number of pyridine rings is 1. The van der Waals surface area contributed by atoms with Gasteiger partial charge in [-0.15, -0.1) is 0 Å². The SMILES string of the molecule is CC.CC.CC.CCC12CC3CC(C1)CC(c1ccccc1)(C3)C2.CCCc1ccccc1OC(C)C.COc1ncccc1CC(C)C. The zero-order chi connectivity index (χ0) is 36.9. The predicted molar refractivity (Wildman–Crippen MR) is 215 cm³/mol. The third-order valence-electron chi connectivity index (χ3n) is 9.84. The summed E-state index contributed by atoms with van der Waals surface area (Å²) in [5.41, 5.74) is 5.42. The lowest BCUT2D eigenvalue weighted by atomic mass is 9.42. The molecule has 1 aromatic heterocycles. The third kappa shape index (κ3) is 13.4. The van der Waals surface area contributed by atoms with Gasteiger partial charge in [-0.3, -0.25) is 0 Å². The van der Waals surface area contributed by atoms with Crippen LogP contribution in [0.1, 0.15) is 151 Å². The van der Waals surface area contributed by atoms with Gasteiger partial charge in [0.05, 0.1) is 13.2 Å². The Balaban J connectivity index is 0.000000350. The molecule has 0 N–H and O–H groups in total. The molecule has 49 heavy (non-hydrogen) atoms. The average molecular weight is 674 g/mol. The van der Waals surface area contributed by atoms with E-state index in [1.54, 1.807) is 18.9 Å². The fourth-order valence-corrected chi connectivity index (χ4v) is 8.55. The normalized spacial score (nSPS) is 22.3. The van der Waals surface area contributed by atoms with E-state index >= 15 is 0 Å². The Morgan fingerprint density at radius 2 is 1.31 bits per heavy atom. The van der Waals surface area contributed by atoms with E-state index in [4.69, 9.17) is 9.47 Å². The van der Waals surface area contributed by atoms with Crippen LogP contribution >= 0.6 is 0 Å². The standard InChI is InChI=1S/C18H24.C12H18O.C10H15NO.3C2H6/c1-2-17-9-14-8-15(10-17)12-18(11-14,13-17)16-6-4-3-5-7-16;1-4-7-11-8-5-6-9-12(11)13-10(2)3;1-8(2)7-9-5-4-6-11-10(9)12-3;3*1-2/h3-7,14-15H,2,8-13H2,1H3;5-6,8-10H,4,7H2,1-3H3;4-6,8H,7H2,1-3H3;3*1-2H3. The first-order valence-corrected chi connectivity index (χ1v) is 20.0. The van der Waals surface area contributed by atoms with Crippen molar-refractivity contribution in [1.82, 2.24) is 4.98 Å². The Morgan fingerprint density at radius 3 is 1.84 bits per heavy atom. The lowest BCUT2D eigenvalue weighted by Gasteiger charge is -2.62. The number of benzene rings is 2. The quantitative estimate of drug-likeness (QED) is 0.226. The van der Waals surface area contributed by atoms with Crippen LogP contribution in [0.25, 0.3) is 0 Å². The molecule has 0 saturated heterocycles. The lowest BCUT2D eigenvalue weighted by molar-refractivity contribution is -0.0738. The van der Waals surface area contributed by atoms with Crippen LogP contribution in [-0.2, 0) is 18.3 Å². The number of hydrogen-bond acceptors (Lipinski definition) is 3. The highest BCUT2D eigenvalue weighted by atomic mass is 16.5. The van der Waals surface area contributed by atoms with Crippen LogP contribution in [0.4, 0.5) is 0 Å². The van der Waals surface area contributed by atoms with Crippen molar-refractivity contribution >= 4 is 0 Å². The molecular formula is C46H75NO2. The van der Waals surface area contributed by atoms with E-state index in [-0.39, 0.29) is 6.10 Å². The second-order valence-electron chi connectivity index (χ2n) is 14.3. The van der Waals surface area contributed by atoms with Crippen molar-refractivity contribution in [3.63, 3.8) is 0 Å². The van der Waals surface area contributed by atoms with E-state index in [0.717, 1.165) is 36.3 Å². The lowest BCUT2D eigenvalue weighted by Crippen LogP contribution is -2.53. The molecule has 0 aliphatic heterocycles. The van der Waals surface area contributed by atoms with Gasteiger partial charge in [-0.1, -0.05) is 137 Å². The second-order valence-corrected chi connectivity index (χ2v) is 14.3. The smallest absolute Gasteiger partial charge is 0.216 e. The van der Waals surface area contributed by atoms with Crippen molar-refractivity contribution in [1.29, 1.82) is 0 Å². The summed E-state index contributed by atoms with van der Waals surface area (Å²) >= 11 is 0. The summed E-state index contributed by atoms with van der Waals surface area (Å²) in [6.45, 7) is 25.1. The molecule has 4 saturated carbocycles. The van der Waals surface area contributed by atoms with Gasteiger partial charge in [0.15, 0.2) is 0 Å². The zero-order valence-corrected chi connectivity index (χ0v) is 34.1. The molecule has 1 heterocycles. The van der Waals surface area contributed by atoms with Crippen molar-refractivity contribution in [3.05, 3.63) is 89.6 Å². The highest BCUT2D eigenvalue weighted by molar-refractivity contribution is 5.33. The van der Waals surface area contributed by atoms with Gasteiger partial charge < -0.3 is 9.47 Å². The molecule has 4 aliphatic carbocycles. The Hall–Kier alpha value is -2.81. The van der Waals surface area contributed by atoms with Crippen molar-refractivity contribution in [2.24, 2.45) is 23.2 Å². The van der Waals surface area contributed by atoms with E-state index in [1.807, 2.05) is 59.7 Å². The minimum atomic E-state index is 0.262. The molecule has 4 aliphatic rings. The van der Waals surface area contributed by atoms with E-state index in [0.29, 0.717) is 16.7 Å². The van der Waals surface area contributed by atoms with Crippen LogP contribution in [0.3, 0.4) is 0 Å². The first-order valence-electron chi connectivity index (χ1n) is 20.0. The Labute approximate surface area is 304 Å². The molecule has 4 bridgehead atoms. The molecule has 3 nitrogen and oxygen atoms in total. The second kappa shape index (κ2) is 23.6. The Morgan fingerprint density at radius 1 is 0.735 bits per heavy atom. The van der Waals surface area contributed by atoms with Crippen molar-refractivity contribution < 1.29 is 9.47 Å². The fourth-order valence-electron chi connectivity index (χ4n) is 8.55. The molecular weight excluding hydrogens is 599 g/mol. The largest absolute Gasteiger partial charge is 0.491 e. The van der Waals surface area contributed by atoms with Crippen LogP contribution in [-0.4, -0.2) is 18.2 Å². The highest BCUT2D eigenvalue weighted by Gasteiger charge is 2.57. The van der Waals surface area contributed by atoms with Crippen molar-refractivity contribution in [3.8, 4) is 11.6 Å². The summed E-state index contributed by atoms with van der Waals surface area (Å²) < 4.78 is 10.8. The van der Waals surface area contributed by atoms with Crippen LogP contribution in [0.2, 0.25) is 0 Å². The van der Waals surface area contributed by atoms with Crippen LogP contribution in [0.5, 0.6) is 11.6 Å². The van der Waals surface area contributed by atoms with Gasteiger partial charge in [0, 0.05) is 11.8 Å². The number of hydrogen-bond donors (Lipinski definition) is 0. The highest BCUT2D eigenvalue weighted by Crippen LogP contribution is 2.66. The van der Waals surface area contributed by atoms with Gasteiger partial charge in [-0.05, 0) is 117 Å². The van der Waals surface area contributed by atoms with Crippen LogP contribution < -0.4 is 9.47 Å². The summed E-state index contributed by atoms with van der Waals surface area (Å²) in [5.74, 6) is 4.51. The molecule has 4 fully saturated rings. The fraction of sp³-hybridized carbons (Fsp3) is 0.630. The van der Waals surface area contributed by atoms with Gasteiger partial charge in [-0.2, -0.15) is 0 Å². The number of para-hydroxylation sites is 1. The Kier molecular flexibility index (Phi) is 21.3. The first-order chi connectivity index (χ1) is 23.7. The monoisotopic (exact) mass is 674 g/mol. The molecule has 0 radical (unpaired) electrons. The van der Waals surface area contributed by atoms with Gasteiger partial charge in [-0.25, -0.2) is 4.98 Å². The zero-order valence-electron chi connectivity index (χ0n) is 34.1. The van der Waals surface area contributed by atoms with Crippen molar-refractivity contribution in [2.45, 2.75) is 159 Å². The average Bonchev–Trinajstić information content (AvgIpc) is 3.12. The summed E-state index contributed by atoms with van der Waals surface area (Å²) in [6, 6.07) is 23.7. The maximum atomic E-state index is 5.70. The summed E-state index contributed by atoms with van der Waals surface area (Å²) in [7, 11) is 1.66. The van der Waals surface area contributed by atoms with Crippen molar-refractivity contribution in [2.75, 3.05) is 7.11 Å². The topological polar surface area (TPSA) is 31.4 Å². The molecule has 3 heteroatoms. The third-order valence-corrected chi connectivity index (χ3v) is 9.84. The predicted octanol–water partition coefficient (Wildman–Crippen LogP) is 13.7. The molecule has 0 spiro atoms. The number of aromatic nitrogens is 1. The molecule has 7 rings (SSSR count). The maximum absolute atomic E-state index is 5.70. The Bertz CT molecular complexity index is 1240.